The fraction of sp³-hybridized carbons (Fsp3) is 0.441. The van der Waals surface area contributed by atoms with Crippen molar-refractivity contribution < 1.29 is 34.1 Å². The molecular weight excluding hydrogens is 961 g/mol. The molecule has 1 radical (unpaired) electrons. The van der Waals surface area contributed by atoms with Crippen LogP contribution in [-0.2, 0) is 37.7 Å². The second-order valence-corrected chi connectivity index (χ2v) is 18.4. The molecule has 4 aromatic carbocycles. The molecule has 0 spiro atoms. The largest absolute Gasteiger partial charge is 0.512 e. The molecule has 0 amide bonds. The number of fused-ring (bicyclic) bond motifs is 2. The van der Waals surface area contributed by atoms with E-state index in [2.05, 4.69) is 104 Å². The molecule has 5 heteroatoms. The zero-order valence-electron chi connectivity index (χ0n) is 42.7. The molecule has 0 atom stereocenters. The minimum absolute atomic E-state index is 0. The molecule has 1 N–H and O–H groups in total. The Morgan fingerprint density at radius 2 is 1.11 bits per heavy atom. The fourth-order valence-electron chi connectivity index (χ4n) is 9.87. The molecule has 8 rings (SSSR count). The van der Waals surface area contributed by atoms with Crippen LogP contribution in [-0.4, -0.2) is 20.9 Å². The van der Waals surface area contributed by atoms with Gasteiger partial charge in [-0.1, -0.05) is 143 Å². The van der Waals surface area contributed by atoms with Crippen LogP contribution in [0, 0.1) is 63.5 Å². The van der Waals surface area contributed by atoms with Crippen LogP contribution in [0.15, 0.2) is 97.0 Å². The van der Waals surface area contributed by atoms with Gasteiger partial charge in [0.15, 0.2) is 5.78 Å². The Bertz CT molecular complexity index is 2600. The Hall–Kier alpha value is -4.44. The van der Waals surface area contributed by atoms with E-state index in [1.165, 1.54) is 74.1 Å². The van der Waals surface area contributed by atoms with Crippen LogP contribution < -0.4 is 0 Å². The number of aryl methyl sites for hydroxylation is 4. The van der Waals surface area contributed by atoms with E-state index in [4.69, 9.17) is 4.11 Å². The molecule has 341 valence electrons. The smallest absolute Gasteiger partial charge is 0.162 e. The number of rotatable bonds is 13. The molecule has 2 aliphatic carbocycles. The van der Waals surface area contributed by atoms with Gasteiger partial charge in [-0.05, 0) is 107 Å². The number of benzene rings is 4. The van der Waals surface area contributed by atoms with Gasteiger partial charge in [0.2, 0.25) is 0 Å². The average Bonchev–Trinajstić information content (AvgIpc) is 4.00. The third-order valence-electron chi connectivity index (χ3n) is 13.4. The van der Waals surface area contributed by atoms with Crippen molar-refractivity contribution in [2.24, 2.45) is 23.7 Å². The van der Waals surface area contributed by atoms with E-state index in [9.17, 15) is 9.90 Å². The summed E-state index contributed by atoms with van der Waals surface area (Å²) in [6.07, 6.45) is 18.3. The first-order valence-electron chi connectivity index (χ1n) is 25.5. The zero-order valence-corrected chi connectivity index (χ0v) is 42.1. The molecule has 2 saturated carbocycles. The number of aliphatic hydroxyl groups excluding tert-OH is 1. The van der Waals surface area contributed by atoms with Crippen molar-refractivity contribution in [3.05, 3.63) is 142 Å². The van der Waals surface area contributed by atoms with E-state index < -0.39 is 0 Å². The van der Waals surface area contributed by atoms with Gasteiger partial charge in [0.25, 0.3) is 0 Å². The topological polar surface area (TPSA) is 63.1 Å². The van der Waals surface area contributed by atoms with Crippen LogP contribution in [0.5, 0.6) is 0 Å². The van der Waals surface area contributed by atoms with E-state index >= 15 is 0 Å². The number of aromatic nitrogens is 2. The number of allylic oxidation sites excluding steroid dienone is 2. The van der Waals surface area contributed by atoms with Crippen molar-refractivity contribution >= 4 is 27.3 Å². The number of carbonyl (C=O) groups excluding carboxylic acids is 1. The Balaban J connectivity index is 0.000000194. The first kappa shape index (κ1) is 46.1. The summed E-state index contributed by atoms with van der Waals surface area (Å²) in [5, 5.41) is 13.8. The van der Waals surface area contributed by atoms with Crippen molar-refractivity contribution in [1.29, 1.82) is 0 Å². The first-order valence-corrected chi connectivity index (χ1v) is 24.0. The van der Waals surface area contributed by atoms with E-state index in [0.717, 1.165) is 111 Å². The number of hydrogen-bond donors (Lipinski definition) is 1. The van der Waals surface area contributed by atoms with Gasteiger partial charge in [-0.3, -0.25) is 4.79 Å². The average molecular weight is 1040 g/mol. The SMILES string of the molecule is CCC(CC)C(=O)/C=C(\O)C(CC)CC.[2H]c1cc2cc(CC3CCCC3)ccc2c(-c2[c-]c(C)cc(C)c2)n1.[2H]c1nc(-c2[c-]c(C)cc(C)c2)c2ccc(CC3CCCC3)cc2c1[2H].[Ir]. The summed E-state index contributed by atoms with van der Waals surface area (Å²) < 4.78 is 24.7. The molecule has 0 bridgehead atoms. The van der Waals surface area contributed by atoms with Crippen molar-refractivity contribution in [1.82, 2.24) is 9.97 Å². The maximum atomic E-state index is 11.7. The van der Waals surface area contributed by atoms with Crippen molar-refractivity contribution in [2.75, 3.05) is 0 Å². The number of pyridine rings is 2. The van der Waals surface area contributed by atoms with Crippen LogP contribution in [0.25, 0.3) is 44.1 Å². The van der Waals surface area contributed by atoms with Gasteiger partial charge in [-0.15, -0.1) is 69.8 Å². The molecule has 4 nitrogen and oxygen atoms in total. The third-order valence-corrected chi connectivity index (χ3v) is 13.4. The molecule has 2 fully saturated rings. The minimum Gasteiger partial charge on any atom is -0.512 e. The molecule has 2 aromatic heterocycles. The summed E-state index contributed by atoms with van der Waals surface area (Å²) in [6.45, 7) is 16.3. The molecule has 6 aromatic rings. The minimum atomic E-state index is 0. The van der Waals surface area contributed by atoms with Gasteiger partial charge in [-0.2, -0.15) is 0 Å². The predicted molar refractivity (Wildman–Crippen MR) is 266 cm³/mol. The van der Waals surface area contributed by atoms with Gasteiger partial charge in [-0.25, -0.2) is 0 Å². The van der Waals surface area contributed by atoms with Gasteiger partial charge in [0, 0.05) is 50.4 Å². The Labute approximate surface area is 403 Å². The number of ketones is 1. The van der Waals surface area contributed by atoms with Crippen LogP contribution >= 0.6 is 0 Å². The van der Waals surface area contributed by atoms with Crippen molar-refractivity contribution in [3.63, 3.8) is 0 Å². The molecule has 2 heterocycles. The normalized spacial score (nSPS) is 15.0. The fourth-order valence-corrected chi connectivity index (χ4v) is 9.87. The van der Waals surface area contributed by atoms with Crippen LogP contribution in [0.3, 0.4) is 0 Å². The maximum absolute atomic E-state index is 11.7. The number of nitrogens with zero attached hydrogens (tertiary/aromatic N) is 2. The summed E-state index contributed by atoms with van der Waals surface area (Å²) in [5.74, 6) is 2.15. The van der Waals surface area contributed by atoms with E-state index in [0.29, 0.717) is 6.17 Å². The summed E-state index contributed by atoms with van der Waals surface area (Å²) in [7, 11) is 0. The molecule has 2 aliphatic rings. The summed E-state index contributed by atoms with van der Waals surface area (Å²) >= 11 is 0. The van der Waals surface area contributed by atoms with Crippen LogP contribution in [0.4, 0.5) is 0 Å². The van der Waals surface area contributed by atoms with Gasteiger partial charge in [0.1, 0.15) is 0 Å². The Morgan fingerprint density at radius 1 is 0.656 bits per heavy atom. The molecule has 0 aliphatic heterocycles. The van der Waals surface area contributed by atoms with E-state index in [-0.39, 0.29) is 55.7 Å². The van der Waals surface area contributed by atoms with Crippen LogP contribution in [0.2, 0.25) is 0 Å². The summed E-state index contributed by atoms with van der Waals surface area (Å²) in [5.41, 5.74) is 10.7. The van der Waals surface area contributed by atoms with Crippen LogP contribution in [0.1, 0.15) is 142 Å². The zero-order chi connectivity index (χ0) is 47.5. The molecule has 64 heavy (non-hydrogen) atoms. The van der Waals surface area contributed by atoms with Gasteiger partial charge in [0.05, 0.1) is 9.87 Å². The number of carbonyl (C=O) groups is 1. The molecule has 0 unspecified atom stereocenters. The monoisotopic (exact) mass is 1040 g/mol. The maximum Gasteiger partial charge on any atom is 0.162 e. The second-order valence-electron chi connectivity index (χ2n) is 18.4. The first-order chi connectivity index (χ1) is 31.7. The number of hydrogen-bond acceptors (Lipinski definition) is 4. The Morgan fingerprint density at radius 3 is 1.58 bits per heavy atom. The van der Waals surface area contributed by atoms with Crippen molar-refractivity contribution in [2.45, 2.75) is 145 Å². The third kappa shape index (κ3) is 13.8. The van der Waals surface area contributed by atoms with E-state index in [1.54, 1.807) is 0 Å². The quantitative estimate of drug-likeness (QED) is 0.0711. The Kier molecular flexibility index (Phi) is 17.8. The summed E-state index contributed by atoms with van der Waals surface area (Å²) in [4.78, 5) is 20.7. The van der Waals surface area contributed by atoms with Gasteiger partial charge < -0.3 is 15.1 Å². The number of aliphatic hydroxyl groups is 1. The van der Waals surface area contributed by atoms with E-state index in [1.807, 2.05) is 40.7 Å². The molecule has 0 saturated heterocycles. The molecular formula is C59H72IrN2O2-2. The summed E-state index contributed by atoms with van der Waals surface area (Å²) in [6, 6.07) is 30.4. The van der Waals surface area contributed by atoms with Gasteiger partial charge >= 0.3 is 0 Å². The van der Waals surface area contributed by atoms with Crippen molar-refractivity contribution in [3.8, 4) is 22.5 Å². The standard InChI is InChI=1S/2C23H24N.C13H24O2.Ir/c2*1-16-11-17(2)13-21(12-16)23-22-8-7-19(14-18-5-3-4-6-18)15-20(22)9-10-24-23;1-5-10(6-2)12(14)9-13(15)11(7-3)8-4;/h2*7-12,15,18H,3-6,14H2,1-2H3;9-11,14H,5-8H2,1-4H3;/q2*-1;;/b;;12-9-;/i9D,10D;10D;;. The second kappa shape index (κ2) is 24.7. The predicted octanol–water partition coefficient (Wildman–Crippen LogP) is 16.0.